The van der Waals surface area contributed by atoms with Gasteiger partial charge < -0.3 is 15.0 Å². The molecule has 0 aliphatic carbocycles. The highest BCUT2D eigenvalue weighted by Gasteiger charge is 2.31. The molecular formula is C15H21N3O4. The maximum Gasteiger partial charge on any atom is 0.534 e. The van der Waals surface area contributed by atoms with Crippen LogP contribution in [-0.2, 0) is 9.57 Å². The Kier molecular flexibility index (Phi) is 5.91. The molecule has 0 aliphatic rings. The van der Waals surface area contributed by atoms with E-state index >= 15 is 0 Å². The van der Waals surface area contributed by atoms with Gasteiger partial charge in [-0.15, -0.1) is 0 Å². The Bertz CT molecular complexity index is 555. The van der Waals surface area contributed by atoms with Crippen molar-refractivity contribution in [3.63, 3.8) is 0 Å². The van der Waals surface area contributed by atoms with Crippen LogP contribution in [0.15, 0.2) is 35.5 Å². The van der Waals surface area contributed by atoms with Crippen LogP contribution in [0, 0.1) is 0 Å². The van der Waals surface area contributed by atoms with Gasteiger partial charge in [0.25, 0.3) is 0 Å². The van der Waals surface area contributed by atoms with E-state index < -0.39 is 11.7 Å². The van der Waals surface area contributed by atoms with Crippen LogP contribution in [0.1, 0.15) is 20.8 Å². The minimum atomic E-state index is -0.911. The number of benzene rings is 1. The van der Waals surface area contributed by atoms with Crippen LogP contribution in [0.3, 0.4) is 0 Å². The molecule has 0 atom stereocenters. The molecule has 0 unspecified atom stereocenters. The van der Waals surface area contributed by atoms with Crippen LogP contribution in [0.5, 0.6) is 0 Å². The van der Waals surface area contributed by atoms with E-state index in [2.05, 4.69) is 20.0 Å². The second-order valence-corrected chi connectivity index (χ2v) is 5.14. The Morgan fingerprint density at radius 3 is 2.36 bits per heavy atom. The third-order valence-corrected chi connectivity index (χ3v) is 3.48. The van der Waals surface area contributed by atoms with Gasteiger partial charge in [0.05, 0.1) is 18.4 Å². The van der Waals surface area contributed by atoms with Gasteiger partial charge in [-0.25, -0.2) is 9.59 Å². The van der Waals surface area contributed by atoms with Gasteiger partial charge in [-0.05, 0) is 32.9 Å². The topological polar surface area (TPSA) is 80.2 Å². The Balaban J connectivity index is 2.78. The molecule has 0 fully saturated rings. The summed E-state index contributed by atoms with van der Waals surface area (Å²) in [5.74, 6) is 0. The van der Waals surface area contributed by atoms with Gasteiger partial charge in [0.2, 0.25) is 0 Å². The van der Waals surface area contributed by atoms with Gasteiger partial charge in [0.1, 0.15) is 0 Å². The number of nitrogens with one attached hydrogen (secondary N) is 1. The lowest BCUT2D eigenvalue weighted by Crippen LogP contribution is -2.51. The first-order valence-corrected chi connectivity index (χ1v) is 6.69. The van der Waals surface area contributed by atoms with Crippen molar-refractivity contribution in [2.75, 3.05) is 19.5 Å². The number of methoxy groups -OCH3 is 1. The predicted molar refractivity (Wildman–Crippen MR) is 83.9 cm³/mol. The van der Waals surface area contributed by atoms with Gasteiger partial charge in [-0.2, -0.15) is 0 Å². The highest BCUT2D eigenvalue weighted by molar-refractivity contribution is 5.97. The molecule has 1 N–H and O–H groups in total. The zero-order valence-corrected chi connectivity index (χ0v) is 13.4. The number of oxime groups is 1. The lowest BCUT2D eigenvalue weighted by Gasteiger charge is -2.35. The predicted octanol–water partition coefficient (Wildman–Crippen LogP) is 3.09. The van der Waals surface area contributed by atoms with Crippen molar-refractivity contribution in [3.8, 4) is 0 Å². The number of anilines is 1. The summed E-state index contributed by atoms with van der Waals surface area (Å²) in [7, 11) is 2.83. The van der Waals surface area contributed by atoms with Crippen molar-refractivity contribution >= 4 is 23.6 Å². The number of para-hydroxylation sites is 1. The third-order valence-electron chi connectivity index (χ3n) is 3.48. The molecule has 0 radical (unpaired) electrons. The third kappa shape index (κ3) is 4.47. The average Bonchev–Trinajstić information content (AvgIpc) is 2.52. The summed E-state index contributed by atoms with van der Waals surface area (Å²) in [6.45, 7) is 5.24. The molecule has 120 valence electrons. The van der Waals surface area contributed by atoms with Crippen molar-refractivity contribution in [3.05, 3.63) is 30.3 Å². The second kappa shape index (κ2) is 7.44. The van der Waals surface area contributed by atoms with Gasteiger partial charge >= 0.3 is 12.2 Å². The number of rotatable bonds is 4. The minimum absolute atomic E-state index is 0.302. The van der Waals surface area contributed by atoms with Crippen LogP contribution in [0.25, 0.3) is 0 Å². The van der Waals surface area contributed by atoms with Gasteiger partial charge in [0.15, 0.2) is 0 Å². The molecule has 1 aromatic rings. The molecule has 0 heterocycles. The number of amides is 2. The van der Waals surface area contributed by atoms with Crippen LogP contribution in [-0.4, -0.2) is 42.5 Å². The standard InChI is InChI=1S/C15H21N3O4/c1-11(17-22-14(20)21-5)15(2,3)18(4)13(19)16-12-9-7-6-8-10-12/h6-10H,1-5H3,(H,16,19)/b17-11-. The minimum Gasteiger partial charge on any atom is -0.436 e. The fraction of sp³-hybridized carbons (Fsp3) is 0.400. The van der Waals surface area contributed by atoms with E-state index in [0.717, 1.165) is 0 Å². The van der Waals surface area contributed by atoms with E-state index in [1.165, 1.54) is 12.0 Å². The first-order chi connectivity index (χ1) is 10.3. The highest BCUT2D eigenvalue weighted by atomic mass is 16.8. The van der Waals surface area contributed by atoms with E-state index in [4.69, 9.17) is 0 Å². The Labute approximate surface area is 129 Å². The molecule has 0 aliphatic heterocycles. The smallest absolute Gasteiger partial charge is 0.436 e. The normalized spacial score (nSPS) is 11.6. The summed E-state index contributed by atoms with van der Waals surface area (Å²) in [5, 5.41) is 6.48. The summed E-state index contributed by atoms with van der Waals surface area (Å²) >= 11 is 0. The number of urea groups is 1. The lowest BCUT2D eigenvalue weighted by molar-refractivity contribution is 0.0740. The number of hydrogen-bond acceptors (Lipinski definition) is 5. The van der Waals surface area contributed by atoms with Crippen LogP contribution >= 0.6 is 0 Å². The zero-order valence-electron chi connectivity index (χ0n) is 13.4. The Hall–Kier alpha value is -2.57. The summed E-state index contributed by atoms with van der Waals surface area (Å²) in [5.41, 5.74) is 0.381. The number of hydrogen-bond donors (Lipinski definition) is 1. The lowest BCUT2D eigenvalue weighted by atomic mass is 9.98. The van der Waals surface area contributed by atoms with E-state index in [9.17, 15) is 9.59 Å². The Morgan fingerprint density at radius 1 is 1.23 bits per heavy atom. The number of ether oxygens (including phenoxy) is 1. The van der Waals surface area contributed by atoms with E-state index in [1.807, 2.05) is 18.2 Å². The number of nitrogens with zero attached hydrogens (tertiary/aromatic N) is 2. The number of carbonyl (C=O) groups excluding carboxylic acids is 2. The van der Waals surface area contributed by atoms with Crippen LogP contribution in [0.2, 0.25) is 0 Å². The monoisotopic (exact) mass is 307 g/mol. The summed E-state index contributed by atoms with van der Waals surface area (Å²) < 4.78 is 4.34. The van der Waals surface area contributed by atoms with Crippen molar-refractivity contribution in [1.82, 2.24) is 4.90 Å². The van der Waals surface area contributed by atoms with Gasteiger partial charge in [-0.1, -0.05) is 23.4 Å². The molecule has 2 amide bonds. The molecule has 0 saturated carbocycles. The van der Waals surface area contributed by atoms with Gasteiger partial charge in [0, 0.05) is 12.7 Å². The first kappa shape index (κ1) is 17.5. The summed E-state index contributed by atoms with van der Waals surface area (Å²) in [6.07, 6.45) is -0.911. The quantitative estimate of drug-likeness (QED) is 0.401. The Morgan fingerprint density at radius 2 is 1.82 bits per heavy atom. The zero-order chi connectivity index (χ0) is 16.8. The first-order valence-electron chi connectivity index (χ1n) is 6.69. The van der Waals surface area contributed by atoms with Crippen LogP contribution < -0.4 is 5.32 Å². The molecule has 0 saturated heterocycles. The fourth-order valence-electron chi connectivity index (χ4n) is 1.48. The van der Waals surface area contributed by atoms with E-state index in [1.54, 1.807) is 40.0 Å². The molecule has 0 bridgehead atoms. The molecule has 0 spiro atoms. The maximum atomic E-state index is 12.3. The SMILES string of the molecule is COC(=O)O/N=C(/C)C(C)(C)N(C)C(=O)Nc1ccccc1. The van der Waals surface area contributed by atoms with Crippen molar-refractivity contribution in [2.45, 2.75) is 26.3 Å². The molecule has 7 nitrogen and oxygen atoms in total. The highest BCUT2D eigenvalue weighted by Crippen LogP contribution is 2.17. The van der Waals surface area contributed by atoms with Gasteiger partial charge in [-0.3, -0.25) is 4.84 Å². The van der Waals surface area contributed by atoms with E-state index in [-0.39, 0.29) is 6.03 Å². The van der Waals surface area contributed by atoms with Crippen molar-refractivity contribution < 1.29 is 19.2 Å². The molecule has 7 heteroatoms. The molecule has 1 aromatic carbocycles. The van der Waals surface area contributed by atoms with Crippen LogP contribution in [0.4, 0.5) is 15.3 Å². The summed E-state index contributed by atoms with van der Waals surface area (Å²) in [6, 6.07) is 8.81. The molecule has 22 heavy (non-hydrogen) atoms. The maximum absolute atomic E-state index is 12.3. The second-order valence-electron chi connectivity index (χ2n) is 5.14. The fourth-order valence-corrected chi connectivity index (χ4v) is 1.48. The van der Waals surface area contributed by atoms with Crippen molar-refractivity contribution in [1.29, 1.82) is 0 Å². The molecule has 0 aromatic heterocycles. The van der Waals surface area contributed by atoms with E-state index in [0.29, 0.717) is 11.4 Å². The average molecular weight is 307 g/mol. The largest absolute Gasteiger partial charge is 0.534 e. The summed E-state index contributed by atoms with van der Waals surface area (Å²) in [4.78, 5) is 29.3. The number of carbonyl (C=O) groups is 2. The molecule has 1 rings (SSSR count). The van der Waals surface area contributed by atoms with Crippen molar-refractivity contribution in [2.24, 2.45) is 5.16 Å². The molecular weight excluding hydrogens is 286 g/mol.